The summed E-state index contributed by atoms with van der Waals surface area (Å²) in [5.74, 6) is -0.180. The zero-order valence-corrected chi connectivity index (χ0v) is 18.0. The van der Waals surface area contributed by atoms with Crippen LogP contribution in [-0.2, 0) is 4.79 Å². The maximum Gasteiger partial charge on any atom is 0.254 e. The van der Waals surface area contributed by atoms with Gasteiger partial charge in [0.1, 0.15) is 17.3 Å². The van der Waals surface area contributed by atoms with Crippen molar-refractivity contribution in [2.75, 3.05) is 27.3 Å². The summed E-state index contributed by atoms with van der Waals surface area (Å²) < 4.78 is 24.2. The predicted molar refractivity (Wildman–Crippen MR) is 115 cm³/mol. The highest BCUT2D eigenvalue weighted by Gasteiger charge is 2.28. The third kappa shape index (κ3) is 5.52. The Morgan fingerprint density at radius 2 is 1.81 bits per heavy atom. The summed E-state index contributed by atoms with van der Waals surface area (Å²) >= 11 is 5.93. The molecular formula is C22H23ClFN3O4. The van der Waals surface area contributed by atoms with E-state index < -0.39 is 5.82 Å². The van der Waals surface area contributed by atoms with Crippen LogP contribution in [0, 0.1) is 11.7 Å². The SMILES string of the molecule is COc1cc(OC)cc(C(=O)N2CCC(C(=O)N/N=C\c3c(F)cccc3Cl)CC2)c1. The van der Waals surface area contributed by atoms with Crippen LogP contribution < -0.4 is 14.9 Å². The number of amides is 2. The number of hydrogen-bond acceptors (Lipinski definition) is 5. The van der Waals surface area contributed by atoms with Gasteiger partial charge in [0.15, 0.2) is 0 Å². The molecule has 2 aromatic rings. The Morgan fingerprint density at radius 3 is 2.39 bits per heavy atom. The predicted octanol–water partition coefficient (Wildman–Crippen LogP) is 3.50. The number of piperidine rings is 1. The topological polar surface area (TPSA) is 80.2 Å². The fourth-order valence-electron chi connectivity index (χ4n) is 3.34. The van der Waals surface area contributed by atoms with Crippen molar-refractivity contribution in [3.63, 3.8) is 0 Å². The maximum absolute atomic E-state index is 13.7. The molecule has 0 spiro atoms. The molecule has 2 amide bonds. The number of benzene rings is 2. The quantitative estimate of drug-likeness (QED) is 0.543. The Hall–Kier alpha value is -3.13. The van der Waals surface area contributed by atoms with Crippen LogP contribution in [0.15, 0.2) is 41.5 Å². The molecule has 2 aromatic carbocycles. The van der Waals surface area contributed by atoms with Gasteiger partial charge in [0.2, 0.25) is 5.91 Å². The molecule has 0 bridgehead atoms. The molecule has 1 N–H and O–H groups in total. The van der Waals surface area contributed by atoms with E-state index in [-0.39, 0.29) is 28.3 Å². The maximum atomic E-state index is 13.7. The van der Waals surface area contributed by atoms with E-state index in [0.29, 0.717) is 43.0 Å². The standard InChI is InChI=1S/C22H23ClFN3O4/c1-30-16-10-15(11-17(12-16)31-2)22(29)27-8-6-14(7-9-27)21(28)26-25-13-18-19(23)4-3-5-20(18)24/h3-5,10-14H,6-9H2,1-2H3,(H,26,28)/b25-13-. The third-order valence-electron chi connectivity index (χ3n) is 5.12. The van der Waals surface area contributed by atoms with Crippen molar-refractivity contribution in [2.45, 2.75) is 12.8 Å². The minimum Gasteiger partial charge on any atom is -0.497 e. The van der Waals surface area contributed by atoms with Gasteiger partial charge in [-0.05, 0) is 37.1 Å². The smallest absolute Gasteiger partial charge is 0.254 e. The fraction of sp³-hybridized carbons (Fsp3) is 0.318. The minimum absolute atomic E-state index is 0.110. The van der Waals surface area contributed by atoms with Crippen molar-refractivity contribution in [1.29, 1.82) is 0 Å². The zero-order chi connectivity index (χ0) is 22.4. The van der Waals surface area contributed by atoms with E-state index >= 15 is 0 Å². The van der Waals surface area contributed by atoms with E-state index in [2.05, 4.69) is 10.5 Å². The van der Waals surface area contributed by atoms with Crippen LogP contribution in [0.5, 0.6) is 11.5 Å². The number of hydrogen-bond donors (Lipinski definition) is 1. The van der Waals surface area contributed by atoms with Gasteiger partial charge in [0.05, 0.1) is 25.5 Å². The summed E-state index contributed by atoms with van der Waals surface area (Å²) in [6.45, 7) is 0.860. The highest BCUT2D eigenvalue weighted by molar-refractivity contribution is 6.33. The molecule has 1 aliphatic rings. The van der Waals surface area contributed by atoms with Crippen LogP contribution in [-0.4, -0.2) is 50.2 Å². The highest BCUT2D eigenvalue weighted by atomic mass is 35.5. The lowest BCUT2D eigenvalue weighted by atomic mass is 9.95. The first-order valence-corrected chi connectivity index (χ1v) is 10.1. The fourth-order valence-corrected chi connectivity index (χ4v) is 3.56. The Kier molecular flexibility index (Phi) is 7.46. The van der Waals surface area contributed by atoms with E-state index in [1.165, 1.54) is 32.6 Å². The Bertz CT molecular complexity index is 948. The lowest BCUT2D eigenvalue weighted by molar-refractivity contribution is -0.126. The molecule has 0 atom stereocenters. The first-order valence-electron chi connectivity index (χ1n) is 9.72. The van der Waals surface area contributed by atoms with Crippen molar-refractivity contribution < 1.29 is 23.5 Å². The summed E-state index contributed by atoms with van der Waals surface area (Å²) in [5.41, 5.74) is 3.00. The number of halogens is 2. The third-order valence-corrected chi connectivity index (χ3v) is 5.45. The van der Waals surface area contributed by atoms with Gasteiger partial charge in [0, 0.05) is 36.2 Å². The van der Waals surface area contributed by atoms with Crippen molar-refractivity contribution in [2.24, 2.45) is 11.0 Å². The molecular weight excluding hydrogens is 425 g/mol. The van der Waals surface area contributed by atoms with Gasteiger partial charge in [0.25, 0.3) is 5.91 Å². The summed E-state index contributed by atoms with van der Waals surface area (Å²) in [6.07, 6.45) is 2.17. The molecule has 0 saturated carbocycles. The second kappa shape index (κ2) is 10.3. The lowest BCUT2D eigenvalue weighted by Crippen LogP contribution is -2.42. The van der Waals surface area contributed by atoms with E-state index in [4.69, 9.17) is 21.1 Å². The molecule has 1 saturated heterocycles. The number of carbonyl (C=O) groups excluding carboxylic acids is 2. The number of likely N-dealkylation sites (tertiary alicyclic amines) is 1. The number of nitrogens with one attached hydrogen (secondary N) is 1. The van der Waals surface area contributed by atoms with Gasteiger partial charge in [-0.15, -0.1) is 0 Å². The largest absolute Gasteiger partial charge is 0.497 e. The summed E-state index contributed by atoms with van der Waals surface area (Å²) in [4.78, 5) is 26.9. The Balaban J connectivity index is 1.56. The molecule has 0 aliphatic carbocycles. The van der Waals surface area contributed by atoms with Crippen LogP contribution in [0.4, 0.5) is 4.39 Å². The number of nitrogens with zero attached hydrogens (tertiary/aromatic N) is 2. The molecule has 1 fully saturated rings. The summed E-state index contributed by atoms with van der Waals surface area (Å²) in [7, 11) is 3.05. The number of methoxy groups -OCH3 is 2. The molecule has 164 valence electrons. The van der Waals surface area contributed by atoms with Crippen LogP contribution in [0.1, 0.15) is 28.8 Å². The first kappa shape index (κ1) is 22.6. The van der Waals surface area contributed by atoms with E-state index in [1.54, 1.807) is 29.2 Å². The van der Waals surface area contributed by atoms with Gasteiger partial charge in [-0.2, -0.15) is 5.10 Å². The second-order valence-corrected chi connectivity index (χ2v) is 7.44. The van der Waals surface area contributed by atoms with Crippen molar-refractivity contribution in [3.05, 3.63) is 58.4 Å². The van der Waals surface area contributed by atoms with Gasteiger partial charge >= 0.3 is 0 Å². The molecule has 9 heteroatoms. The number of rotatable bonds is 6. The molecule has 31 heavy (non-hydrogen) atoms. The summed E-state index contributed by atoms with van der Waals surface area (Å²) in [6, 6.07) is 9.31. The van der Waals surface area contributed by atoms with Crippen LogP contribution >= 0.6 is 11.6 Å². The van der Waals surface area contributed by atoms with Gasteiger partial charge in [-0.25, -0.2) is 9.82 Å². The summed E-state index contributed by atoms with van der Waals surface area (Å²) in [5, 5.41) is 4.03. The average Bonchev–Trinajstić information content (AvgIpc) is 2.80. The zero-order valence-electron chi connectivity index (χ0n) is 17.2. The van der Waals surface area contributed by atoms with Gasteiger partial charge in [-0.3, -0.25) is 9.59 Å². The molecule has 1 heterocycles. The highest BCUT2D eigenvalue weighted by Crippen LogP contribution is 2.25. The van der Waals surface area contributed by atoms with Crippen LogP contribution in [0.25, 0.3) is 0 Å². The monoisotopic (exact) mass is 447 g/mol. The molecule has 0 radical (unpaired) electrons. The number of carbonyl (C=O) groups is 2. The van der Waals surface area contributed by atoms with E-state index in [1.807, 2.05) is 0 Å². The van der Waals surface area contributed by atoms with Crippen LogP contribution in [0.3, 0.4) is 0 Å². The number of hydrazone groups is 1. The van der Waals surface area contributed by atoms with Gasteiger partial charge < -0.3 is 14.4 Å². The number of ether oxygens (including phenoxy) is 2. The molecule has 3 rings (SSSR count). The Morgan fingerprint density at radius 1 is 1.16 bits per heavy atom. The minimum atomic E-state index is -0.522. The average molecular weight is 448 g/mol. The van der Waals surface area contributed by atoms with Crippen molar-refractivity contribution in [3.8, 4) is 11.5 Å². The normalized spacial score (nSPS) is 14.5. The van der Waals surface area contributed by atoms with E-state index in [0.717, 1.165) is 0 Å². The molecule has 7 nitrogen and oxygen atoms in total. The van der Waals surface area contributed by atoms with Crippen molar-refractivity contribution >= 4 is 29.6 Å². The molecule has 0 unspecified atom stereocenters. The van der Waals surface area contributed by atoms with Crippen molar-refractivity contribution in [1.82, 2.24) is 10.3 Å². The van der Waals surface area contributed by atoms with E-state index in [9.17, 15) is 14.0 Å². The molecule has 1 aliphatic heterocycles. The van der Waals surface area contributed by atoms with Gasteiger partial charge in [-0.1, -0.05) is 17.7 Å². The van der Waals surface area contributed by atoms with Crippen LogP contribution in [0.2, 0.25) is 5.02 Å². The Labute approximate surface area is 184 Å². The molecule has 0 aromatic heterocycles. The lowest BCUT2D eigenvalue weighted by Gasteiger charge is -2.31. The second-order valence-electron chi connectivity index (χ2n) is 7.04. The first-order chi connectivity index (χ1) is 14.9.